The van der Waals surface area contributed by atoms with Gasteiger partial charge in [0.25, 0.3) is 0 Å². The first-order chi connectivity index (χ1) is 9.95. The summed E-state index contributed by atoms with van der Waals surface area (Å²) in [5.41, 5.74) is 0.947. The minimum absolute atomic E-state index is 0.111. The number of carboxylic acid groups (broad SMARTS) is 1. The Kier molecular flexibility index (Phi) is 5.17. The molecule has 0 unspecified atom stereocenters. The minimum Gasteiger partial charge on any atom is -0.481 e. The van der Waals surface area contributed by atoms with Crippen LogP contribution in [0.4, 0.5) is 9.93 Å². The number of rotatable bonds is 4. The number of aryl methyl sites for hydroxylation is 2. The van der Waals surface area contributed by atoms with Gasteiger partial charge in [0.05, 0.1) is 5.69 Å². The lowest BCUT2D eigenvalue weighted by Crippen LogP contribution is -2.41. The Bertz CT molecular complexity index is 502. The van der Waals surface area contributed by atoms with Gasteiger partial charge < -0.3 is 10.0 Å². The SMILES string of the molecule is Cc1nc(NC(=O)N2CCC(CCC(=O)O)CC2)sc1C. The predicted octanol–water partition coefficient (Wildman–Crippen LogP) is 2.87. The molecule has 1 saturated heterocycles. The Morgan fingerprint density at radius 1 is 1.38 bits per heavy atom. The van der Waals surface area contributed by atoms with E-state index in [1.165, 1.54) is 11.3 Å². The van der Waals surface area contributed by atoms with E-state index in [1.807, 2.05) is 13.8 Å². The van der Waals surface area contributed by atoms with Gasteiger partial charge in [0, 0.05) is 24.4 Å². The van der Waals surface area contributed by atoms with Crippen LogP contribution in [-0.4, -0.2) is 40.1 Å². The summed E-state index contributed by atoms with van der Waals surface area (Å²) in [6.45, 7) is 5.27. The maximum Gasteiger partial charge on any atom is 0.323 e. The standard InChI is InChI=1S/C14H21N3O3S/c1-9-10(2)21-13(15-9)16-14(20)17-7-5-11(6-8-17)3-4-12(18)19/h11H,3-8H2,1-2H3,(H,18,19)(H,15,16,20). The smallest absolute Gasteiger partial charge is 0.323 e. The van der Waals surface area contributed by atoms with Gasteiger partial charge in [-0.3, -0.25) is 10.1 Å². The first-order valence-corrected chi connectivity index (χ1v) is 7.99. The second-order valence-electron chi connectivity index (χ2n) is 5.45. The van der Waals surface area contributed by atoms with E-state index in [2.05, 4.69) is 10.3 Å². The molecule has 1 aliphatic rings. The summed E-state index contributed by atoms with van der Waals surface area (Å²) >= 11 is 1.48. The van der Waals surface area contributed by atoms with Crippen LogP contribution in [0.5, 0.6) is 0 Å². The molecule has 1 fully saturated rings. The maximum atomic E-state index is 12.1. The molecule has 0 saturated carbocycles. The number of nitrogens with one attached hydrogen (secondary N) is 1. The van der Waals surface area contributed by atoms with E-state index in [-0.39, 0.29) is 12.5 Å². The molecule has 0 aromatic carbocycles. The van der Waals surface area contributed by atoms with Crippen molar-refractivity contribution in [1.82, 2.24) is 9.88 Å². The Hall–Kier alpha value is -1.63. The molecule has 7 heteroatoms. The topological polar surface area (TPSA) is 82.5 Å². The van der Waals surface area contributed by atoms with Gasteiger partial charge in [0.2, 0.25) is 0 Å². The molecule has 6 nitrogen and oxygen atoms in total. The average Bonchev–Trinajstić information content (AvgIpc) is 2.75. The van der Waals surface area contributed by atoms with Crippen molar-refractivity contribution in [3.63, 3.8) is 0 Å². The number of anilines is 1. The number of aromatic nitrogens is 1. The maximum absolute atomic E-state index is 12.1. The zero-order chi connectivity index (χ0) is 15.4. The van der Waals surface area contributed by atoms with Crippen LogP contribution in [0.3, 0.4) is 0 Å². The average molecular weight is 311 g/mol. The molecule has 2 heterocycles. The first-order valence-electron chi connectivity index (χ1n) is 7.17. The van der Waals surface area contributed by atoms with Crippen molar-refractivity contribution in [3.05, 3.63) is 10.6 Å². The summed E-state index contributed by atoms with van der Waals surface area (Å²) in [7, 11) is 0. The van der Waals surface area contributed by atoms with Crippen LogP contribution in [0.25, 0.3) is 0 Å². The Labute approximate surface area is 128 Å². The summed E-state index contributed by atoms with van der Waals surface area (Å²) in [6, 6.07) is -0.111. The van der Waals surface area contributed by atoms with Crippen LogP contribution in [0.1, 0.15) is 36.3 Å². The van der Waals surface area contributed by atoms with Gasteiger partial charge in [-0.25, -0.2) is 9.78 Å². The fraction of sp³-hybridized carbons (Fsp3) is 0.643. The zero-order valence-corrected chi connectivity index (χ0v) is 13.2. The molecular weight excluding hydrogens is 290 g/mol. The molecule has 1 aliphatic heterocycles. The zero-order valence-electron chi connectivity index (χ0n) is 12.4. The van der Waals surface area contributed by atoms with Crippen LogP contribution in [0.2, 0.25) is 0 Å². The van der Waals surface area contributed by atoms with E-state index in [9.17, 15) is 9.59 Å². The number of hydrogen-bond acceptors (Lipinski definition) is 4. The Balaban J connectivity index is 1.79. The minimum atomic E-state index is -0.746. The van der Waals surface area contributed by atoms with Gasteiger partial charge in [-0.1, -0.05) is 0 Å². The van der Waals surface area contributed by atoms with Crippen molar-refractivity contribution in [2.24, 2.45) is 5.92 Å². The number of carbonyl (C=O) groups excluding carboxylic acids is 1. The number of urea groups is 1. The lowest BCUT2D eigenvalue weighted by molar-refractivity contribution is -0.137. The van der Waals surface area contributed by atoms with Gasteiger partial charge in [-0.2, -0.15) is 0 Å². The number of carbonyl (C=O) groups is 2. The normalized spacial score (nSPS) is 16.0. The van der Waals surface area contributed by atoms with E-state index in [0.717, 1.165) is 23.4 Å². The van der Waals surface area contributed by atoms with E-state index in [4.69, 9.17) is 5.11 Å². The van der Waals surface area contributed by atoms with Crippen molar-refractivity contribution in [2.75, 3.05) is 18.4 Å². The molecule has 0 radical (unpaired) electrons. The van der Waals surface area contributed by atoms with E-state index in [1.54, 1.807) is 4.90 Å². The van der Waals surface area contributed by atoms with Crippen molar-refractivity contribution < 1.29 is 14.7 Å². The third-order valence-corrected chi connectivity index (χ3v) is 4.90. The van der Waals surface area contributed by atoms with Crippen molar-refractivity contribution in [2.45, 2.75) is 39.5 Å². The van der Waals surface area contributed by atoms with E-state index < -0.39 is 5.97 Å². The van der Waals surface area contributed by atoms with Gasteiger partial charge >= 0.3 is 12.0 Å². The fourth-order valence-electron chi connectivity index (χ4n) is 2.45. The third-order valence-electron chi connectivity index (χ3n) is 3.91. The number of piperidine rings is 1. The molecule has 0 spiro atoms. The highest BCUT2D eigenvalue weighted by molar-refractivity contribution is 7.15. The molecule has 2 amide bonds. The highest BCUT2D eigenvalue weighted by Crippen LogP contribution is 2.24. The number of carboxylic acids is 1. The third kappa shape index (κ3) is 4.42. The van der Waals surface area contributed by atoms with E-state index in [0.29, 0.717) is 30.6 Å². The predicted molar refractivity (Wildman–Crippen MR) is 81.8 cm³/mol. The second-order valence-corrected chi connectivity index (χ2v) is 6.66. The lowest BCUT2D eigenvalue weighted by Gasteiger charge is -2.31. The molecular formula is C14H21N3O3S. The van der Waals surface area contributed by atoms with Crippen LogP contribution in [0, 0.1) is 19.8 Å². The fourth-order valence-corrected chi connectivity index (χ4v) is 3.25. The Morgan fingerprint density at radius 3 is 2.57 bits per heavy atom. The summed E-state index contributed by atoms with van der Waals surface area (Å²) < 4.78 is 0. The number of amides is 2. The van der Waals surface area contributed by atoms with Crippen LogP contribution >= 0.6 is 11.3 Å². The van der Waals surface area contributed by atoms with Crippen molar-refractivity contribution in [1.29, 1.82) is 0 Å². The number of thiazole rings is 1. The molecule has 2 N–H and O–H groups in total. The molecule has 0 atom stereocenters. The van der Waals surface area contributed by atoms with Crippen LogP contribution in [0.15, 0.2) is 0 Å². The van der Waals surface area contributed by atoms with Gasteiger partial charge in [0.1, 0.15) is 0 Å². The molecule has 2 rings (SSSR count). The van der Waals surface area contributed by atoms with Gasteiger partial charge in [-0.15, -0.1) is 11.3 Å². The Morgan fingerprint density at radius 2 is 2.05 bits per heavy atom. The van der Waals surface area contributed by atoms with Crippen molar-refractivity contribution >= 4 is 28.5 Å². The van der Waals surface area contributed by atoms with E-state index >= 15 is 0 Å². The largest absolute Gasteiger partial charge is 0.481 e. The lowest BCUT2D eigenvalue weighted by atomic mass is 9.92. The second kappa shape index (κ2) is 6.89. The quantitative estimate of drug-likeness (QED) is 0.895. The van der Waals surface area contributed by atoms with Gasteiger partial charge in [-0.05, 0) is 39.0 Å². The van der Waals surface area contributed by atoms with Crippen LogP contribution < -0.4 is 5.32 Å². The highest BCUT2D eigenvalue weighted by Gasteiger charge is 2.23. The van der Waals surface area contributed by atoms with Gasteiger partial charge in [0.15, 0.2) is 5.13 Å². The van der Waals surface area contributed by atoms with Crippen LogP contribution in [-0.2, 0) is 4.79 Å². The molecule has 0 aliphatic carbocycles. The monoisotopic (exact) mass is 311 g/mol. The number of aliphatic carboxylic acids is 1. The summed E-state index contributed by atoms with van der Waals surface area (Å²) in [4.78, 5) is 29.9. The number of hydrogen-bond donors (Lipinski definition) is 2. The van der Waals surface area contributed by atoms with Crippen molar-refractivity contribution in [3.8, 4) is 0 Å². The first kappa shape index (κ1) is 15.8. The molecule has 1 aromatic rings. The summed E-state index contributed by atoms with van der Waals surface area (Å²) in [6.07, 6.45) is 2.66. The molecule has 1 aromatic heterocycles. The molecule has 21 heavy (non-hydrogen) atoms. The summed E-state index contributed by atoms with van der Waals surface area (Å²) in [5.74, 6) is -0.334. The molecule has 116 valence electrons. The number of nitrogens with zero attached hydrogens (tertiary/aromatic N) is 2. The number of likely N-dealkylation sites (tertiary alicyclic amines) is 1. The molecule has 0 bridgehead atoms. The highest BCUT2D eigenvalue weighted by atomic mass is 32.1. The summed E-state index contributed by atoms with van der Waals surface area (Å²) in [5, 5.41) is 12.2.